The van der Waals surface area contributed by atoms with Gasteiger partial charge in [0, 0.05) is 43.7 Å². The third-order valence-corrected chi connectivity index (χ3v) is 18.3. The maximum atomic E-state index is 2.54. The van der Waals surface area contributed by atoms with Crippen molar-refractivity contribution < 1.29 is 0 Å². The summed E-state index contributed by atoms with van der Waals surface area (Å²) in [5.74, 6) is 0. The first-order valence-electron chi connectivity index (χ1n) is 22.1. The Balaban J connectivity index is 1.18. The molecule has 0 aliphatic heterocycles. The average molecular weight is 832 g/mol. The zero-order chi connectivity index (χ0) is 42.2. The van der Waals surface area contributed by atoms with Gasteiger partial charge in [-0.2, -0.15) is 0 Å². The van der Waals surface area contributed by atoms with Crippen LogP contribution in [-0.2, 0) is 0 Å². The van der Waals surface area contributed by atoms with Gasteiger partial charge in [0.05, 0.1) is 38.8 Å². The Labute approximate surface area is 372 Å². The molecule has 0 saturated carbocycles. The Morgan fingerprint density at radius 1 is 0.234 bits per heavy atom. The van der Waals surface area contributed by atoms with E-state index in [0.29, 0.717) is 0 Å². The summed E-state index contributed by atoms with van der Waals surface area (Å²) in [7, 11) is -2.83. The summed E-state index contributed by atoms with van der Waals surface area (Å²) in [6, 6.07) is 92.4. The second-order valence-electron chi connectivity index (χ2n) is 16.8. The summed E-state index contributed by atoms with van der Waals surface area (Å²) in [6.45, 7) is 0. The van der Waals surface area contributed by atoms with Crippen molar-refractivity contribution in [3.63, 3.8) is 0 Å². The molecule has 0 spiro atoms. The number of rotatable bonds is 7. The summed E-state index contributed by atoms with van der Waals surface area (Å²) in [5, 5.41) is 12.9. The van der Waals surface area contributed by atoms with E-state index in [0.717, 1.165) is 22.6 Å². The molecule has 0 fully saturated rings. The second kappa shape index (κ2) is 14.5. The fourth-order valence-corrected chi connectivity index (χ4v) is 15.7. The van der Waals surface area contributed by atoms with Crippen LogP contribution in [0.2, 0.25) is 0 Å². The van der Waals surface area contributed by atoms with E-state index in [1.54, 1.807) is 0 Å². The average Bonchev–Trinajstić information content (AvgIpc) is 4.01. The van der Waals surface area contributed by atoms with Gasteiger partial charge < -0.3 is 13.7 Å². The highest BCUT2D eigenvalue weighted by Crippen LogP contribution is 2.41. The standard InChI is InChI=1S/C60H41N3Si/c1-5-20-42(21-6-1)62-56-34-18-15-30-50(56)52-31-19-35-58(60(52)62)63-57-39-37-47(64(44-22-7-2-8-23-44,45-24-9-3-10-25-45)46-26-11-4-12-27-46)41-53(57)51-38-36-43(40-59(51)63)61-54-32-16-13-28-48(54)49-29-14-17-33-55(49)61/h1-41H. The molecule has 10 aromatic carbocycles. The highest BCUT2D eigenvalue weighted by atomic mass is 28.3. The molecule has 13 rings (SSSR count). The topological polar surface area (TPSA) is 14.8 Å². The van der Waals surface area contributed by atoms with E-state index in [1.165, 1.54) is 80.6 Å². The molecule has 3 heterocycles. The Bertz CT molecular complexity index is 3730. The Kier molecular flexibility index (Phi) is 8.23. The minimum atomic E-state index is -2.83. The van der Waals surface area contributed by atoms with E-state index in [-0.39, 0.29) is 0 Å². The van der Waals surface area contributed by atoms with Gasteiger partial charge in [-0.15, -0.1) is 0 Å². The van der Waals surface area contributed by atoms with Crippen LogP contribution in [0.1, 0.15) is 0 Å². The van der Waals surface area contributed by atoms with Crippen molar-refractivity contribution in [3.8, 4) is 17.1 Å². The molecule has 0 aliphatic carbocycles. The van der Waals surface area contributed by atoms with E-state index in [4.69, 9.17) is 0 Å². The van der Waals surface area contributed by atoms with Gasteiger partial charge in [0.15, 0.2) is 8.07 Å². The van der Waals surface area contributed by atoms with Crippen LogP contribution >= 0.6 is 0 Å². The number of benzene rings is 10. The van der Waals surface area contributed by atoms with E-state index < -0.39 is 8.07 Å². The summed E-state index contributed by atoms with van der Waals surface area (Å²) < 4.78 is 7.45. The van der Waals surface area contributed by atoms with Crippen LogP contribution in [-0.4, -0.2) is 21.8 Å². The van der Waals surface area contributed by atoms with Crippen molar-refractivity contribution in [1.82, 2.24) is 13.7 Å². The van der Waals surface area contributed by atoms with Crippen LogP contribution in [0.15, 0.2) is 249 Å². The maximum Gasteiger partial charge on any atom is 0.179 e. The first-order valence-corrected chi connectivity index (χ1v) is 24.1. The van der Waals surface area contributed by atoms with Gasteiger partial charge in [-0.1, -0.05) is 194 Å². The first-order chi connectivity index (χ1) is 31.8. The second-order valence-corrected chi connectivity index (χ2v) is 20.7. The molecule has 300 valence electrons. The molecule has 0 atom stereocenters. The minimum Gasteiger partial charge on any atom is -0.309 e. The van der Waals surface area contributed by atoms with Crippen LogP contribution in [0.4, 0.5) is 0 Å². The van der Waals surface area contributed by atoms with E-state index in [2.05, 4.69) is 262 Å². The van der Waals surface area contributed by atoms with Gasteiger partial charge >= 0.3 is 0 Å². The summed E-state index contributed by atoms with van der Waals surface area (Å²) in [6.07, 6.45) is 0. The number of para-hydroxylation sites is 5. The van der Waals surface area contributed by atoms with Crippen molar-refractivity contribution in [1.29, 1.82) is 0 Å². The van der Waals surface area contributed by atoms with Crippen LogP contribution in [0.25, 0.3) is 82.5 Å². The first kappa shape index (κ1) is 36.5. The molecule has 0 aliphatic rings. The lowest BCUT2D eigenvalue weighted by molar-refractivity contribution is 1.12. The Hall–Kier alpha value is -8.18. The Morgan fingerprint density at radius 3 is 1.27 bits per heavy atom. The van der Waals surface area contributed by atoms with Gasteiger partial charge in [-0.05, 0) is 75.3 Å². The van der Waals surface area contributed by atoms with Crippen molar-refractivity contribution >= 4 is 94.2 Å². The molecule has 0 saturated heterocycles. The number of nitrogens with zero attached hydrogens (tertiary/aromatic N) is 3. The van der Waals surface area contributed by atoms with Crippen molar-refractivity contribution in [3.05, 3.63) is 249 Å². The molecule has 3 nitrogen and oxygen atoms in total. The molecule has 4 heteroatoms. The number of fused-ring (bicyclic) bond motifs is 9. The van der Waals surface area contributed by atoms with Gasteiger partial charge in [0.1, 0.15) is 0 Å². The molecule has 3 aromatic heterocycles. The molecule has 0 N–H and O–H groups in total. The number of hydrogen-bond donors (Lipinski definition) is 0. The van der Waals surface area contributed by atoms with Gasteiger partial charge in [0.2, 0.25) is 0 Å². The summed E-state index contributed by atoms with van der Waals surface area (Å²) in [4.78, 5) is 0. The SMILES string of the molecule is c1ccc(-n2c3ccccc3c3cccc(-n4c5ccc([Si](c6ccccc6)(c6ccccc6)c6ccccc6)cc5c5ccc(-n6c7ccccc7c7ccccc76)cc54)c32)cc1. The van der Waals surface area contributed by atoms with Gasteiger partial charge in [-0.25, -0.2) is 0 Å². The largest absolute Gasteiger partial charge is 0.309 e. The third-order valence-electron chi connectivity index (χ3n) is 13.6. The summed E-state index contributed by atoms with van der Waals surface area (Å²) in [5.41, 5.74) is 10.5. The molecule has 64 heavy (non-hydrogen) atoms. The Morgan fingerprint density at radius 2 is 0.688 bits per heavy atom. The van der Waals surface area contributed by atoms with Crippen LogP contribution in [0.3, 0.4) is 0 Å². The quantitative estimate of drug-likeness (QED) is 0.112. The van der Waals surface area contributed by atoms with Crippen molar-refractivity contribution in [2.24, 2.45) is 0 Å². The lowest BCUT2D eigenvalue weighted by Crippen LogP contribution is -2.74. The van der Waals surface area contributed by atoms with Crippen LogP contribution in [0.5, 0.6) is 0 Å². The van der Waals surface area contributed by atoms with Gasteiger partial charge in [0.25, 0.3) is 0 Å². The maximum absolute atomic E-state index is 2.83. The molecule has 0 unspecified atom stereocenters. The predicted molar refractivity (Wildman–Crippen MR) is 273 cm³/mol. The molecule has 0 radical (unpaired) electrons. The van der Waals surface area contributed by atoms with E-state index in [1.807, 2.05) is 0 Å². The monoisotopic (exact) mass is 831 g/mol. The molecule has 0 bridgehead atoms. The van der Waals surface area contributed by atoms with Crippen LogP contribution < -0.4 is 20.7 Å². The van der Waals surface area contributed by atoms with E-state index >= 15 is 0 Å². The molecule has 13 aromatic rings. The zero-order valence-corrected chi connectivity index (χ0v) is 36.0. The smallest absolute Gasteiger partial charge is 0.179 e. The summed E-state index contributed by atoms with van der Waals surface area (Å²) >= 11 is 0. The number of hydrogen-bond acceptors (Lipinski definition) is 0. The predicted octanol–water partition coefficient (Wildman–Crippen LogP) is 12.4. The molecular weight excluding hydrogens is 791 g/mol. The van der Waals surface area contributed by atoms with Gasteiger partial charge in [-0.3, -0.25) is 0 Å². The molecule has 0 amide bonds. The zero-order valence-electron chi connectivity index (χ0n) is 35.0. The van der Waals surface area contributed by atoms with Crippen molar-refractivity contribution in [2.45, 2.75) is 0 Å². The highest BCUT2D eigenvalue weighted by Gasteiger charge is 2.41. The van der Waals surface area contributed by atoms with Crippen molar-refractivity contribution in [2.75, 3.05) is 0 Å². The highest BCUT2D eigenvalue weighted by molar-refractivity contribution is 7.20. The fourth-order valence-electron chi connectivity index (χ4n) is 10.9. The number of aromatic nitrogens is 3. The third kappa shape index (κ3) is 5.27. The lowest BCUT2D eigenvalue weighted by Gasteiger charge is -2.34. The van der Waals surface area contributed by atoms with Crippen LogP contribution in [0, 0.1) is 0 Å². The normalized spacial score (nSPS) is 12.1. The lowest BCUT2D eigenvalue weighted by atomic mass is 10.1. The minimum absolute atomic E-state index is 1.13. The molecular formula is C60H41N3Si. The fraction of sp³-hybridized carbons (Fsp3) is 0. The van der Waals surface area contributed by atoms with E-state index in [9.17, 15) is 0 Å².